The van der Waals surface area contributed by atoms with Crippen LogP contribution >= 0.6 is 0 Å². The van der Waals surface area contributed by atoms with E-state index in [-0.39, 0.29) is 10.8 Å². The van der Waals surface area contributed by atoms with E-state index in [2.05, 4.69) is 67.9 Å². The summed E-state index contributed by atoms with van der Waals surface area (Å²) in [5.41, 5.74) is 4.80. The number of hydrogen-bond acceptors (Lipinski definition) is 1. The number of aromatic hydroxyl groups is 1. The first-order valence-corrected chi connectivity index (χ1v) is 7.89. The number of phenols is 1. The molecule has 0 spiro atoms. The second-order valence-electron chi connectivity index (χ2n) is 8.11. The Bertz CT molecular complexity index is 638. The number of rotatable bonds is 4. The molecule has 0 aliphatic heterocycles. The van der Waals surface area contributed by atoms with E-state index < -0.39 is 0 Å². The molecule has 0 atom stereocenters. The number of phenolic OH excluding ortho intramolecular Hbond substituents is 1. The minimum Gasteiger partial charge on any atom is -0.507 e. The Morgan fingerprint density at radius 1 is 0.913 bits per heavy atom. The van der Waals surface area contributed by atoms with Gasteiger partial charge in [-0.25, -0.2) is 0 Å². The SMILES string of the molecule is C=CC(=C)C(=C)C(=C)c1cc(C(C)(C)C)c(O)c(C(C)(C)C)c1. The highest BCUT2D eigenvalue weighted by Gasteiger charge is 2.27. The third-order valence-electron chi connectivity index (χ3n) is 4.07. The average molecular weight is 310 g/mol. The van der Waals surface area contributed by atoms with Crippen LogP contribution in [0.2, 0.25) is 0 Å². The van der Waals surface area contributed by atoms with Gasteiger partial charge in [0, 0.05) is 11.1 Å². The van der Waals surface area contributed by atoms with E-state index in [9.17, 15) is 5.11 Å². The van der Waals surface area contributed by atoms with Crippen LogP contribution in [0.4, 0.5) is 0 Å². The maximum atomic E-state index is 10.8. The normalized spacial score (nSPS) is 11.9. The molecule has 0 aromatic heterocycles. The Hall–Kier alpha value is -2.02. The largest absolute Gasteiger partial charge is 0.507 e. The Kier molecular flexibility index (Phi) is 5.16. The molecular formula is C22H30O. The lowest BCUT2D eigenvalue weighted by Gasteiger charge is -2.28. The zero-order valence-electron chi connectivity index (χ0n) is 15.5. The zero-order chi connectivity index (χ0) is 18.2. The van der Waals surface area contributed by atoms with Gasteiger partial charge < -0.3 is 5.11 Å². The van der Waals surface area contributed by atoms with E-state index >= 15 is 0 Å². The van der Waals surface area contributed by atoms with Crippen molar-refractivity contribution in [3.8, 4) is 5.75 Å². The van der Waals surface area contributed by atoms with Crippen LogP contribution in [-0.4, -0.2) is 5.11 Å². The fraction of sp³-hybridized carbons (Fsp3) is 0.364. The van der Waals surface area contributed by atoms with Crippen molar-refractivity contribution in [3.05, 3.63) is 72.4 Å². The standard InChI is InChI=1S/C22H30O/c1-11-14(2)15(3)16(4)17-12-18(21(5,6)7)20(23)19(13-17)22(8,9)10/h11-13,23H,1-4H2,5-10H3. The van der Waals surface area contributed by atoms with Crippen LogP contribution in [0, 0.1) is 0 Å². The molecule has 1 aromatic carbocycles. The number of hydrogen-bond donors (Lipinski definition) is 1. The Morgan fingerprint density at radius 3 is 1.61 bits per heavy atom. The molecule has 0 radical (unpaired) electrons. The van der Waals surface area contributed by atoms with Gasteiger partial charge in [-0.1, -0.05) is 73.9 Å². The fourth-order valence-corrected chi connectivity index (χ4v) is 2.44. The lowest BCUT2D eigenvalue weighted by molar-refractivity contribution is 0.423. The maximum absolute atomic E-state index is 10.8. The van der Waals surface area contributed by atoms with Gasteiger partial charge in [0.15, 0.2) is 0 Å². The molecule has 0 saturated carbocycles. The second kappa shape index (κ2) is 6.23. The van der Waals surface area contributed by atoms with Crippen molar-refractivity contribution in [2.24, 2.45) is 0 Å². The van der Waals surface area contributed by atoms with E-state index in [1.165, 1.54) is 0 Å². The molecule has 0 saturated heterocycles. The molecule has 0 heterocycles. The lowest BCUT2D eigenvalue weighted by atomic mass is 9.77. The highest BCUT2D eigenvalue weighted by Crippen LogP contribution is 2.41. The Morgan fingerprint density at radius 2 is 1.30 bits per heavy atom. The summed E-state index contributed by atoms with van der Waals surface area (Å²) in [7, 11) is 0. The molecule has 0 unspecified atom stereocenters. The summed E-state index contributed by atoms with van der Waals surface area (Å²) < 4.78 is 0. The summed E-state index contributed by atoms with van der Waals surface area (Å²) in [6.45, 7) is 28.5. The van der Waals surface area contributed by atoms with Crippen molar-refractivity contribution in [2.45, 2.75) is 52.4 Å². The molecule has 1 N–H and O–H groups in total. The third kappa shape index (κ3) is 4.04. The van der Waals surface area contributed by atoms with Crippen LogP contribution in [-0.2, 0) is 10.8 Å². The van der Waals surface area contributed by atoms with Crippen LogP contribution in [0.3, 0.4) is 0 Å². The van der Waals surface area contributed by atoms with Gasteiger partial charge in [-0.15, -0.1) is 0 Å². The van der Waals surface area contributed by atoms with Gasteiger partial charge in [-0.3, -0.25) is 0 Å². The van der Waals surface area contributed by atoms with E-state index in [0.717, 1.165) is 33.4 Å². The van der Waals surface area contributed by atoms with E-state index in [0.29, 0.717) is 5.75 Å². The van der Waals surface area contributed by atoms with Gasteiger partial charge >= 0.3 is 0 Å². The first-order valence-electron chi connectivity index (χ1n) is 7.89. The van der Waals surface area contributed by atoms with Crippen LogP contribution in [0.5, 0.6) is 5.75 Å². The Labute approximate surface area is 141 Å². The monoisotopic (exact) mass is 310 g/mol. The van der Waals surface area contributed by atoms with Crippen LogP contribution < -0.4 is 0 Å². The Balaban J connectivity index is 3.63. The van der Waals surface area contributed by atoms with Gasteiger partial charge in [0.2, 0.25) is 0 Å². The summed E-state index contributed by atoms with van der Waals surface area (Å²) >= 11 is 0. The van der Waals surface area contributed by atoms with Crippen molar-refractivity contribution < 1.29 is 5.11 Å². The number of benzene rings is 1. The summed E-state index contributed by atoms with van der Waals surface area (Å²) in [4.78, 5) is 0. The number of allylic oxidation sites excluding steroid dienone is 4. The molecule has 1 heteroatoms. The average Bonchev–Trinajstić information content (AvgIpc) is 2.42. The minimum atomic E-state index is -0.169. The molecular weight excluding hydrogens is 280 g/mol. The van der Waals surface area contributed by atoms with E-state index in [1.54, 1.807) is 6.08 Å². The summed E-state index contributed by atoms with van der Waals surface area (Å²) in [6, 6.07) is 4.02. The van der Waals surface area contributed by atoms with Crippen LogP contribution in [0.1, 0.15) is 58.2 Å². The van der Waals surface area contributed by atoms with Crippen LogP contribution in [0.25, 0.3) is 5.57 Å². The molecule has 1 nitrogen and oxygen atoms in total. The minimum absolute atomic E-state index is 0.169. The van der Waals surface area contributed by atoms with Crippen molar-refractivity contribution >= 4 is 5.57 Å². The van der Waals surface area contributed by atoms with Gasteiger partial charge in [0.25, 0.3) is 0 Å². The van der Waals surface area contributed by atoms with E-state index in [1.807, 2.05) is 12.1 Å². The van der Waals surface area contributed by atoms with Crippen LogP contribution in [0.15, 0.2) is 55.7 Å². The van der Waals surface area contributed by atoms with Gasteiger partial charge in [0.05, 0.1) is 0 Å². The molecule has 0 bridgehead atoms. The molecule has 0 aliphatic rings. The smallest absolute Gasteiger partial charge is 0.123 e. The first kappa shape index (κ1) is 19.0. The molecule has 23 heavy (non-hydrogen) atoms. The van der Waals surface area contributed by atoms with Gasteiger partial charge in [-0.2, -0.15) is 0 Å². The van der Waals surface area contributed by atoms with Crippen molar-refractivity contribution in [3.63, 3.8) is 0 Å². The molecule has 1 rings (SSSR count). The summed E-state index contributed by atoms with van der Waals surface area (Å²) in [6.07, 6.45) is 1.68. The lowest BCUT2D eigenvalue weighted by Crippen LogP contribution is -2.17. The highest BCUT2D eigenvalue weighted by molar-refractivity contribution is 5.83. The first-order chi connectivity index (χ1) is 10.3. The molecule has 0 aliphatic carbocycles. The second-order valence-corrected chi connectivity index (χ2v) is 8.11. The highest BCUT2D eigenvalue weighted by atomic mass is 16.3. The zero-order valence-corrected chi connectivity index (χ0v) is 15.5. The quantitative estimate of drug-likeness (QED) is 0.647. The maximum Gasteiger partial charge on any atom is 0.123 e. The van der Waals surface area contributed by atoms with Crippen molar-refractivity contribution in [1.29, 1.82) is 0 Å². The molecule has 0 amide bonds. The molecule has 1 aromatic rings. The van der Waals surface area contributed by atoms with Gasteiger partial charge in [-0.05, 0) is 45.2 Å². The summed E-state index contributed by atoms with van der Waals surface area (Å²) in [5, 5.41) is 10.8. The fourth-order valence-electron chi connectivity index (χ4n) is 2.44. The van der Waals surface area contributed by atoms with Crippen molar-refractivity contribution in [1.82, 2.24) is 0 Å². The third-order valence-corrected chi connectivity index (χ3v) is 4.07. The predicted octanol–water partition coefficient (Wildman–Crippen LogP) is 6.30. The molecule has 0 fully saturated rings. The summed E-state index contributed by atoms with van der Waals surface area (Å²) in [5.74, 6) is 0.370. The van der Waals surface area contributed by atoms with E-state index in [4.69, 9.17) is 0 Å². The van der Waals surface area contributed by atoms with Gasteiger partial charge in [0.1, 0.15) is 5.75 Å². The topological polar surface area (TPSA) is 20.2 Å². The van der Waals surface area contributed by atoms with Crippen molar-refractivity contribution in [2.75, 3.05) is 0 Å². The predicted molar refractivity (Wildman–Crippen MR) is 103 cm³/mol. The molecule has 124 valence electrons.